The molecule has 0 rings (SSSR count). The molecule has 0 spiro atoms. The molecular formula is C10H17NO4. The van der Waals surface area contributed by atoms with Crippen LogP contribution in [0.5, 0.6) is 0 Å². The first-order valence-electron chi connectivity index (χ1n) is 4.88. The standard InChI is InChI=1S/C10H17NO4/c1-4-15-10(12)6-9(5-8(2)3)7-11(13)14/h5,9H,4,6-7H2,1-3H3. The zero-order valence-electron chi connectivity index (χ0n) is 9.36. The van der Waals surface area contributed by atoms with Crippen LogP contribution in [-0.4, -0.2) is 24.0 Å². The Labute approximate surface area is 89.3 Å². The maximum absolute atomic E-state index is 11.1. The van der Waals surface area contributed by atoms with Crippen LogP contribution in [0.3, 0.4) is 0 Å². The quantitative estimate of drug-likeness (QED) is 0.293. The Bertz CT molecular complexity index is 256. The maximum Gasteiger partial charge on any atom is 0.306 e. The van der Waals surface area contributed by atoms with Crippen molar-refractivity contribution in [3.63, 3.8) is 0 Å². The van der Waals surface area contributed by atoms with Gasteiger partial charge in [-0.1, -0.05) is 11.6 Å². The number of ether oxygens (including phenoxy) is 1. The van der Waals surface area contributed by atoms with Crippen molar-refractivity contribution in [3.05, 3.63) is 21.8 Å². The molecule has 0 aliphatic rings. The van der Waals surface area contributed by atoms with Gasteiger partial charge in [-0.05, 0) is 20.8 Å². The van der Waals surface area contributed by atoms with Crippen LogP contribution in [0.2, 0.25) is 0 Å². The van der Waals surface area contributed by atoms with E-state index in [4.69, 9.17) is 4.74 Å². The van der Waals surface area contributed by atoms with Gasteiger partial charge < -0.3 is 4.74 Å². The summed E-state index contributed by atoms with van der Waals surface area (Å²) in [7, 11) is 0. The summed E-state index contributed by atoms with van der Waals surface area (Å²) in [5.74, 6) is -0.758. The SMILES string of the molecule is CCOC(=O)CC(C=C(C)C)C[N+](=O)[O-]. The lowest BCUT2D eigenvalue weighted by atomic mass is 10.0. The topological polar surface area (TPSA) is 69.4 Å². The predicted molar refractivity (Wildman–Crippen MR) is 56.0 cm³/mol. The van der Waals surface area contributed by atoms with E-state index in [9.17, 15) is 14.9 Å². The van der Waals surface area contributed by atoms with Gasteiger partial charge in [0.2, 0.25) is 6.54 Å². The fourth-order valence-corrected chi connectivity index (χ4v) is 1.27. The minimum absolute atomic E-state index is 0.0694. The van der Waals surface area contributed by atoms with Crippen molar-refractivity contribution in [1.82, 2.24) is 0 Å². The third-order valence-corrected chi connectivity index (χ3v) is 1.69. The average Bonchev–Trinajstić information content (AvgIpc) is 2.00. The van der Waals surface area contributed by atoms with E-state index in [1.54, 1.807) is 13.0 Å². The molecule has 5 heteroatoms. The van der Waals surface area contributed by atoms with Gasteiger partial charge in [0.1, 0.15) is 0 Å². The summed E-state index contributed by atoms with van der Waals surface area (Å²) in [5.41, 5.74) is 0.964. The van der Waals surface area contributed by atoms with Gasteiger partial charge in [-0.2, -0.15) is 0 Å². The second-order valence-corrected chi connectivity index (χ2v) is 3.53. The van der Waals surface area contributed by atoms with Crippen LogP contribution in [-0.2, 0) is 9.53 Å². The Morgan fingerprint density at radius 1 is 1.53 bits per heavy atom. The molecule has 0 aliphatic carbocycles. The summed E-state index contributed by atoms with van der Waals surface area (Å²) < 4.78 is 4.74. The molecule has 0 aromatic rings. The van der Waals surface area contributed by atoms with Gasteiger partial charge in [-0.3, -0.25) is 14.9 Å². The summed E-state index contributed by atoms with van der Waals surface area (Å²) in [6.07, 6.45) is 1.81. The highest BCUT2D eigenvalue weighted by Crippen LogP contribution is 2.10. The van der Waals surface area contributed by atoms with Crippen LogP contribution < -0.4 is 0 Å². The van der Waals surface area contributed by atoms with Crippen molar-refractivity contribution in [2.24, 2.45) is 5.92 Å². The lowest BCUT2D eigenvalue weighted by molar-refractivity contribution is -0.485. The highest BCUT2D eigenvalue weighted by Gasteiger charge is 2.17. The summed E-state index contributed by atoms with van der Waals surface area (Å²) in [4.78, 5) is 21.1. The Balaban J connectivity index is 4.30. The molecule has 0 saturated heterocycles. The monoisotopic (exact) mass is 215 g/mol. The number of carbonyl (C=O) groups is 1. The van der Waals surface area contributed by atoms with E-state index < -0.39 is 4.92 Å². The van der Waals surface area contributed by atoms with Gasteiger partial charge >= 0.3 is 5.97 Å². The first-order chi connectivity index (χ1) is 6.95. The van der Waals surface area contributed by atoms with Crippen molar-refractivity contribution in [2.75, 3.05) is 13.2 Å². The number of allylic oxidation sites excluding steroid dienone is 1. The van der Waals surface area contributed by atoms with Gasteiger partial charge in [-0.25, -0.2) is 0 Å². The van der Waals surface area contributed by atoms with Crippen LogP contribution >= 0.6 is 0 Å². The molecule has 0 aromatic carbocycles. The smallest absolute Gasteiger partial charge is 0.306 e. The van der Waals surface area contributed by atoms with E-state index >= 15 is 0 Å². The van der Waals surface area contributed by atoms with Crippen LogP contribution in [0.4, 0.5) is 0 Å². The number of hydrogen-bond acceptors (Lipinski definition) is 4. The number of nitro groups is 1. The zero-order valence-corrected chi connectivity index (χ0v) is 9.36. The lowest BCUT2D eigenvalue weighted by Gasteiger charge is -2.08. The average molecular weight is 215 g/mol. The maximum atomic E-state index is 11.1. The normalized spacial score (nSPS) is 11.7. The molecule has 0 amide bonds. The van der Waals surface area contributed by atoms with Crippen molar-refractivity contribution < 1.29 is 14.5 Å². The minimum Gasteiger partial charge on any atom is -0.466 e. The number of esters is 1. The highest BCUT2D eigenvalue weighted by atomic mass is 16.6. The molecule has 1 atom stereocenters. The van der Waals surface area contributed by atoms with Crippen molar-refractivity contribution >= 4 is 5.97 Å². The Morgan fingerprint density at radius 3 is 2.53 bits per heavy atom. The van der Waals surface area contributed by atoms with Crippen LogP contribution in [0.1, 0.15) is 27.2 Å². The summed E-state index contributed by atoms with van der Waals surface area (Å²) in [6, 6.07) is 0. The van der Waals surface area contributed by atoms with E-state index in [1.807, 2.05) is 13.8 Å². The second-order valence-electron chi connectivity index (χ2n) is 3.53. The molecular weight excluding hydrogens is 198 g/mol. The molecule has 0 aliphatic heterocycles. The van der Waals surface area contributed by atoms with Crippen LogP contribution in [0, 0.1) is 16.0 Å². The van der Waals surface area contributed by atoms with Crippen molar-refractivity contribution in [3.8, 4) is 0 Å². The van der Waals surface area contributed by atoms with Gasteiger partial charge in [-0.15, -0.1) is 0 Å². The lowest BCUT2D eigenvalue weighted by Crippen LogP contribution is -2.18. The fraction of sp³-hybridized carbons (Fsp3) is 0.700. The van der Waals surface area contributed by atoms with Gasteiger partial charge in [0.15, 0.2) is 0 Å². The first-order valence-corrected chi connectivity index (χ1v) is 4.88. The van der Waals surface area contributed by atoms with Crippen molar-refractivity contribution in [1.29, 1.82) is 0 Å². The minimum atomic E-state index is -0.413. The van der Waals surface area contributed by atoms with E-state index in [-0.39, 0.29) is 24.9 Å². The summed E-state index contributed by atoms with van der Waals surface area (Å²) >= 11 is 0. The highest BCUT2D eigenvalue weighted by molar-refractivity contribution is 5.69. The molecule has 1 unspecified atom stereocenters. The van der Waals surface area contributed by atoms with E-state index in [0.29, 0.717) is 6.61 Å². The fourth-order valence-electron chi connectivity index (χ4n) is 1.27. The summed E-state index contributed by atoms with van der Waals surface area (Å²) in [5, 5.41) is 10.4. The van der Waals surface area contributed by atoms with Gasteiger partial charge in [0, 0.05) is 4.92 Å². The Hall–Kier alpha value is -1.39. The number of hydrogen-bond donors (Lipinski definition) is 0. The molecule has 0 bridgehead atoms. The molecule has 15 heavy (non-hydrogen) atoms. The second kappa shape index (κ2) is 6.98. The molecule has 5 nitrogen and oxygen atoms in total. The zero-order chi connectivity index (χ0) is 11.8. The third-order valence-electron chi connectivity index (χ3n) is 1.69. The molecule has 0 saturated carbocycles. The third kappa shape index (κ3) is 7.66. The Morgan fingerprint density at radius 2 is 2.13 bits per heavy atom. The van der Waals surface area contributed by atoms with Crippen LogP contribution in [0.25, 0.3) is 0 Å². The molecule has 0 heterocycles. The van der Waals surface area contributed by atoms with E-state index in [2.05, 4.69) is 0 Å². The predicted octanol–water partition coefficient (Wildman–Crippen LogP) is 1.80. The Kier molecular flexibility index (Phi) is 6.33. The first kappa shape index (κ1) is 13.6. The van der Waals surface area contributed by atoms with Gasteiger partial charge in [0.25, 0.3) is 0 Å². The molecule has 0 radical (unpaired) electrons. The van der Waals surface area contributed by atoms with Crippen LogP contribution in [0.15, 0.2) is 11.6 Å². The molecule has 0 fully saturated rings. The molecule has 86 valence electrons. The largest absolute Gasteiger partial charge is 0.466 e. The molecule has 0 N–H and O–H groups in total. The van der Waals surface area contributed by atoms with E-state index in [1.165, 1.54) is 0 Å². The number of nitrogens with zero attached hydrogens (tertiary/aromatic N) is 1. The number of carbonyl (C=O) groups excluding carboxylic acids is 1. The summed E-state index contributed by atoms with van der Waals surface area (Å²) in [6.45, 7) is 5.47. The van der Waals surface area contributed by atoms with Crippen molar-refractivity contribution in [2.45, 2.75) is 27.2 Å². The van der Waals surface area contributed by atoms with Gasteiger partial charge in [0.05, 0.1) is 18.9 Å². The number of rotatable bonds is 6. The molecule has 0 aromatic heterocycles. The van der Waals surface area contributed by atoms with E-state index in [0.717, 1.165) is 5.57 Å².